The number of carbonyl (C=O) groups is 3. The van der Waals surface area contributed by atoms with Crippen LogP contribution in [-0.2, 0) is 20.8 Å². The fraction of sp³-hybridized carbons (Fsp3) is 0.645. The minimum atomic E-state index is -1.43. The summed E-state index contributed by atoms with van der Waals surface area (Å²) in [6.45, 7) is 5.90. The van der Waals surface area contributed by atoms with Crippen LogP contribution in [0.2, 0.25) is 5.02 Å². The molecule has 4 N–H and O–H groups in total. The van der Waals surface area contributed by atoms with Crippen molar-refractivity contribution in [2.75, 3.05) is 26.7 Å². The van der Waals surface area contributed by atoms with E-state index in [1.807, 2.05) is 13.8 Å². The van der Waals surface area contributed by atoms with Gasteiger partial charge in [0.05, 0.1) is 11.4 Å². The number of nitrogens with zero attached hydrogens (tertiary/aromatic N) is 3. The Labute approximate surface area is 307 Å². The summed E-state index contributed by atoms with van der Waals surface area (Å²) in [7, 11) is 1.49. The third kappa shape index (κ3) is 7.58. The number of amides is 2. The molecule has 10 nitrogen and oxygen atoms in total. The number of alkyl halides is 1. The summed E-state index contributed by atoms with van der Waals surface area (Å²) in [5, 5.41) is 13.6. The maximum atomic E-state index is 14.2. The SMILES string of the molecule is CC.CC(F)/C(=C(/N)COc1ccc(Cl)c2c1C(N1CC3(CC3)CC1=O)N(C(=O)C1CCCCC1C(=O)[O-])CC2)N(C)N.[K+]. The molecule has 44 heavy (non-hydrogen) atoms. The Bertz CT molecular complexity index is 1260. The van der Waals surface area contributed by atoms with E-state index in [4.69, 9.17) is 27.9 Å². The van der Waals surface area contributed by atoms with E-state index < -0.39 is 30.1 Å². The molecule has 5 rings (SSSR count). The van der Waals surface area contributed by atoms with E-state index in [1.165, 1.54) is 14.0 Å². The van der Waals surface area contributed by atoms with E-state index in [1.54, 1.807) is 21.9 Å². The van der Waals surface area contributed by atoms with Crippen LogP contribution in [0.4, 0.5) is 4.39 Å². The molecule has 13 heteroatoms. The number of hydrazine groups is 1. The summed E-state index contributed by atoms with van der Waals surface area (Å²) in [6.07, 6.45) is 2.73. The summed E-state index contributed by atoms with van der Waals surface area (Å²) in [5.74, 6) is 2.96. The minimum Gasteiger partial charge on any atom is -0.550 e. The standard InChI is InChI=1S/C29H39ClFN5O5.C2H6.K/c1-16(31)25(34(2)33)21(32)14-41-22-8-7-20(30)19-9-12-35(27(38)17-5-3-4-6-18(17)28(39)40)26(24(19)22)36-15-29(10-11-29)13-23(36)37;1-2;/h7-8,16-18,26H,3-6,9-15,32-33H2,1-2H3,(H,39,40);1-2H3;/q;;+1/p-1/b25-21-;;. The van der Waals surface area contributed by atoms with Crippen molar-refractivity contribution >= 4 is 29.4 Å². The molecule has 2 aliphatic heterocycles. The molecular weight excluding hydrogens is 616 g/mol. The summed E-state index contributed by atoms with van der Waals surface area (Å²) >= 11 is 6.67. The number of fused-ring (bicyclic) bond motifs is 1. The summed E-state index contributed by atoms with van der Waals surface area (Å²) in [5.41, 5.74) is 7.61. The van der Waals surface area contributed by atoms with Crippen LogP contribution in [-0.4, -0.2) is 65.5 Å². The average molecular weight is 660 g/mol. The smallest absolute Gasteiger partial charge is 0.550 e. The van der Waals surface area contributed by atoms with Crippen LogP contribution in [0.5, 0.6) is 5.75 Å². The topological polar surface area (TPSA) is 145 Å². The number of nitrogens with two attached hydrogens (primary N) is 2. The fourth-order valence-corrected chi connectivity index (χ4v) is 7.18. The number of ether oxygens (including phenoxy) is 1. The van der Waals surface area contributed by atoms with Gasteiger partial charge in [-0.15, -0.1) is 0 Å². The Morgan fingerprint density at radius 2 is 1.86 bits per heavy atom. The number of hydrogen-bond acceptors (Lipinski definition) is 8. The number of benzene rings is 1. The monoisotopic (exact) mass is 659 g/mol. The van der Waals surface area contributed by atoms with Gasteiger partial charge in [0.1, 0.15) is 24.7 Å². The van der Waals surface area contributed by atoms with E-state index in [0.717, 1.165) is 36.3 Å². The normalized spacial score (nSPS) is 24.7. The number of halogens is 2. The number of carboxylic acids is 1. The molecule has 0 radical (unpaired) electrons. The third-order valence-electron chi connectivity index (χ3n) is 9.16. The van der Waals surface area contributed by atoms with E-state index in [9.17, 15) is 23.9 Å². The van der Waals surface area contributed by atoms with Crippen molar-refractivity contribution in [1.29, 1.82) is 0 Å². The average Bonchev–Trinajstić information content (AvgIpc) is 3.65. The van der Waals surface area contributed by atoms with E-state index in [2.05, 4.69) is 0 Å². The van der Waals surface area contributed by atoms with Crippen LogP contribution >= 0.6 is 11.6 Å². The number of allylic oxidation sites excluding steroid dienone is 1. The summed E-state index contributed by atoms with van der Waals surface area (Å²) in [4.78, 5) is 43.0. The van der Waals surface area contributed by atoms with E-state index in [0.29, 0.717) is 48.6 Å². The van der Waals surface area contributed by atoms with Crippen molar-refractivity contribution in [3.05, 3.63) is 39.7 Å². The number of carbonyl (C=O) groups excluding carboxylic acids is 3. The molecule has 2 aliphatic carbocycles. The Balaban J connectivity index is 0.00000173. The second kappa shape index (κ2) is 15.5. The van der Waals surface area contributed by atoms with Crippen LogP contribution in [0.1, 0.15) is 83.0 Å². The van der Waals surface area contributed by atoms with Crippen LogP contribution in [0.15, 0.2) is 23.5 Å². The molecule has 1 aromatic rings. The van der Waals surface area contributed by atoms with Crippen molar-refractivity contribution < 1.29 is 80.0 Å². The number of hydrogen-bond donors (Lipinski definition) is 2. The van der Waals surface area contributed by atoms with Gasteiger partial charge in [0, 0.05) is 54.9 Å². The second-order valence-electron chi connectivity index (χ2n) is 12.0. The number of rotatable bonds is 8. The first-order valence-corrected chi connectivity index (χ1v) is 15.7. The maximum Gasteiger partial charge on any atom is 1.00 e. The Morgan fingerprint density at radius 3 is 2.41 bits per heavy atom. The van der Waals surface area contributed by atoms with Gasteiger partial charge in [-0.05, 0) is 62.1 Å². The van der Waals surface area contributed by atoms with Gasteiger partial charge < -0.3 is 35.2 Å². The molecule has 0 bridgehead atoms. The van der Waals surface area contributed by atoms with Gasteiger partial charge in [0.15, 0.2) is 0 Å². The molecule has 4 atom stereocenters. The molecule has 2 heterocycles. The quantitative estimate of drug-likeness (QED) is 0.226. The molecule has 3 fully saturated rings. The fourth-order valence-electron chi connectivity index (χ4n) is 6.92. The van der Waals surface area contributed by atoms with Gasteiger partial charge in [0.2, 0.25) is 11.8 Å². The molecule has 4 aliphatic rings. The molecule has 2 amide bonds. The molecule has 0 aromatic heterocycles. The van der Waals surface area contributed by atoms with Crippen molar-refractivity contribution in [2.24, 2.45) is 28.8 Å². The first-order valence-electron chi connectivity index (χ1n) is 15.3. The first-order chi connectivity index (χ1) is 20.4. The van der Waals surface area contributed by atoms with Gasteiger partial charge in [-0.1, -0.05) is 38.3 Å². The molecule has 1 saturated heterocycles. The van der Waals surface area contributed by atoms with Crippen molar-refractivity contribution in [3.8, 4) is 5.75 Å². The first kappa shape index (κ1) is 37.0. The van der Waals surface area contributed by atoms with E-state index in [-0.39, 0.29) is 93.2 Å². The molecule has 1 aromatic carbocycles. The van der Waals surface area contributed by atoms with Crippen molar-refractivity contribution in [3.63, 3.8) is 0 Å². The molecule has 2 saturated carbocycles. The predicted octanol–water partition coefficient (Wildman–Crippen LogP) is 0.0349. The number of likely N-dealkylation sites (tertiary alicyclic amines) is 1. The zero-order chi connectivity index (χ0) is 31.6. The van der Waals surface area contributed by atoms with Gasteiger partial charge in [0.25, 0.3) is 0 Å². The van der Waals surface area contributed by atoms with Crippen LogP contribution in [0.3, 0.4) is 0 Å². The van der Waals surface area contributed by atoms with Crippen LogP contribution < -0.4 is 72.8 Å². The maximum absolute atomic E-state index is 14.2. The second-order valence-corrected chi connectivity index (χ2v) is 12.4. The molecule has 1 spiro atoms. The summed E-state index contributed by atoms with van der Waals surface area (Å²) in [6, 6.07) is 3.36. The number of aliphatic carboxylic acids is 1. The predicted molar refractivity (Wildman–Crippen MR) is 159 cm³/mol. The number of carboxylic acid groups (broad SMARTS) is 1. The van der Waals surface area contributed by atoms with Gasteiger partial charge >= 0.3 is 51.4 Å². The van der Waals surface area contributed by atoms with Crippen molar-refractivity contribution in [1.82, 2.24) is 14.8 Å². The third-order valence-corrected chi connectivity index (χ3v) is 9.51. The summed E-state index contributed by atoms with van der Waals surface area (Å²) < 4.78 is 20.4. The zero-order valence-corrected chi connectivity index (χ0v) is 30.4. The Kier molecular flexibility index (Phi) is 13.0. The van der Waals surface area contributed by atoms with Gasteiger partial charge in [-0.2, -0.15) is 0 Å². The Hall–Kier alpha value is -1.41. The van der Waals surface area contributed by atoms with Gasteiger partial charge in [-0.25, -0.2) is 10.2 Å². The largest absolute Gasteiger partial charge is 1.00 e. The molecule has 4 unspecified atom stereocenters. The van der Waals surface area contributed by atoms with Gasteiger partial charge in [-0.3, -0.25) is 9.59 Å². The zero-order valence-electron chi connectivity index (χ0n) is 26.5. The Morgan fingerprint density at radius 1 is 1.23 bits per heavy atom. The van der Waals surface area contributed by atoms with Crippen molar-refractivity contribution in [2.45, 2.75) is 84.5 Å². The molecule has 238 valence electrons. The minimum absolute atomic E-state index is 0. The molecular formula is C31H44ClFKN5O5. The van der Waals surface area contributed by atoms with E-state index >= 15 is 0 Å². The van der Waals surface area contributed by atoms with Crippen LogP contribution in [0, 0.1) is 17.3 Å². The van der Waals surface area contributed by atoms with Crippen LogP contribution in [0.25, 0.3) is 0 Å².